The second-order valence-electron chi connectivity index (χ2n) is 5.92. The number of nitrogens with one attached hydrogen (secondary N) is 1. The molecule has 0 spiro atoms. The molecule has 2 rings (SSSR count). The topological polar surface area (TPSA) is 68.0 Å². The van der Waals surface area contributed by atoms with Crippen molar-refractivity contribution in [2.45, 2.75) is 40.3 Å². The van der Waals surface area contributed by atoms with Crippen LogP contribution in [0.5, 0.6) is 0 Å². The van der Waals surface area contributed by atoms with E-state index in [1.54, 1.807) is 17.3 Å². The summed E-state index contributed by atoms with van der Waals surface area (Å²) in [7, 11) is 0. The van der Waals surface area contributed by atoms with E-state index in [0.29, 0.717) is 25.6 Å². The van der Waals surface area contributed by atoms with Crippen molar-refractivity contribution in [3.8, 4) is 0 Å². The first kappa shape index (κ1) is 17.1. The van der Waals surface area contributed by atoms with Crippen LogP contribution in [0.3, 0.4) is 0 Å². The molecule has 2 aromatic rings. The van der Waals surface area contributed by atoms with Crippen LogP contribution in [0.4, 0.5) is 10.6 Å². The lowest BCUT2D eigenvalue weighted by molar-refractivity contribution is 0.211. The van der Waals surface area contributed by atoms with Crippen LogP contribution in [-0.4, -0.2) is 43.6 Å². The van der Waals surface area contributed by atoms with E-state index in [9.17, 15) is 4.79 Å². The fraction of sp³-hybridized carbons (Fsp3) is 0.562. The molecule has 0 aromatic carbocycles. The smallest absolute Gasteiger partial charge is 0.323 e. The van der Waals surface area contributed by atoms with E-state index in [0.717, 1.165) is 5.82 Å². The van der Waals surface area contributed by atoms with Gasteiger partial charge in [-0.2, -0.15) is 10.2 Å². The van der Waals surface area contributed by atoms with Crippen molar-refractivity contribution in [1.29, 1.82) is 0 Å². The second-order valence-corrected chi connectivity index (χ2v) is 5.92. The highest BCUT2D eigenvalue weighted by atomic mass is 16.2. The molecule has 2 amide bonds. The van der Waals surface area contributed by atoms with Crippen LogP contribution in [0.1, 0.15) is 33.7 Å². The standard InChI is InChI=1S/C16H26N6O/c1-5-20(11-12-21-10-6-8-17-21)16(23)19-15-7-9-18-22(15)14(4)13(2)3/h6-10,13-14H,5,11-12H2,1-4H3,(H,19,23)/t14-/m1/s1. The first-order chi connectivity index (χ1) is 11.0. The molecule has 7 nitrogen and oxygen atoms in total. The van der Waals surface area contributed by atoms with Gasteiger partial charge in [0.1, 0.15) is 5.82 Å². The van der Waals surface area contributed by atoms with Crippen molar-refractivity contribution < 1.29 is 4.79 Å². The number of amides is 2. The maximum absolute atomic E-state index is 12.5. The average molecular weight is 318 g/mol. The summed E-state index contributed by atoms with van der Waals surface area (Å²) >= 11 is 0. The van der Waals surface area contributed by atoms with E-state index in [4.69, 9.17) is 0 Å². The Balaban J connectivity index is 1.98. The van der Waals surface area contributed by atoms with Gasteiger partial charge < -0.3 is 4.90 Å². The minimum absolute atomic E-state index is 0.114. The zero-order valence-corrected chi connectivity index (χ0v) is 14.3. The second kappa shape index (κ2) is 7.80. The van der Waals surface area contributed by atoms with Crippen molar-refractivity contribution in [2.75, 3.05) is 18.4 Å². The molecule has 0 aliphatic rings. The van der Waals surface area contributed by atoms with E-state index < -0.39 is 0 Å². The molecule has 0 aliphatic heterocycles. The Bertz CT molecular complexity index is 604. The first-order valence-corrected chi connectivity index (χ1v) is 8.09. The largest absolute Gasteiger partial charge is 0.323 e. The third kappa shape index (κ3) is 4.34. The number of hydrogen-bond acceptors (Lipinski definition) is 3. The minimum Gasteiger partial charge on any atom is -0.323 e. The van der Waals surface area contributed by atoms with Gasteiger partial charge in [-0.25, -0.2) is 9.48 Å². The van der Waals surface area contributed by atoms with Crippen LogP contribution >= 0.6 is 0 Å². The number of carbonyl (C=O) groups is 1. The third-order valence-corrected chi connectivity index (χ3v) is 4.08. The maximum atomic E-state index is 12.5. The molecule has 7 heteroatoms. The fourth-order valence-corrected chi connectivity index (χ4v) is 2.27. The van der Waals surface area contributed by atoms with Crippen molar-refractivity contribution in [3.63, 3.8) is 0 Å². The van der Waals surface area contributed by atoms with E-state index in [2.05, 4.69) is 36.3 Å². The monoisotopic (exact) mass is 318 g/mol. The Morgan fingerprint density at radius 2 is 2.09 bits per heavy atom. The van der Waals surface area contributed by atoms with E-state index in [-0.39, 0.29) is 12.1 Å². The Morgan fingerprint density at radius 1 is 1.30 bits per heavy atom. The van der Waals surface area contributed by atoms with Gasteiger partial charge in [-0.05, 0) is 25.8 Å². The lowest BCUT2D eigenvalue weighted by Gasteiger charge is -2.23. The number of likely N-dealkylation sites (N-methyl/N-ethyl adjacent to an activating group) is 1. The van der Waals surface area contributed by atoms with Gasteiger partial charge in [0.2, 0.25) is 0 Å². The summed E-state index contributed by atoms with van der Waals surface area (Å²) in [5.74, 6) is 1.17. The zero-order valence-electron chi connectivity index (χ0n) is 14.3. The number of carbonyl (C=O) groups excluding carboxylic acids is 1. The molecular weight excluding hydrogens is 292 g/mol. The van der Waals surface area contributed by atoms with Crippen LogP contribution in [0.15, 0.2) is 30.7 Å². The van der Waals surface area contributed by atoms with Gasteiger partial charge in [-0.1, -0.05) is 13.8 Å². The van der Waals surface area contributed by atoms with E-state index >= 15 is 0 Å². The zero-order chi connectivity index (χ0) is 16.8. The Hall–Kier alpha value is -2.31. The normalized spacial score (nSPS) is 12.4. The molecule has 126 valence electrons. The van der Waals surface area contributed by atoms with E-state index in [1.807, 2.05) is 34.6 Å². The SMILES string of the molecule is CCN(CCn1cccn1)C(=O)Nc1ccnn1[C@H](C)C(C)C. The summed E-state index contributed by atoms with van der Waals surface area (Å²) in [6.07, 6.45) is 5.35. The van der Waals surface area contributed by atoms with E-state index in [1.165, 1.54) is 0 Å². The average Bonchev–Trinajstić information content (AvgIpc) is 3.18. The molecule has 0 saturated heterocycles. The molecule has 0 unspecified atom stereocenters. The number of hydrogen-bond donors (Lipinski definition) is 1. The Labute approximate surface area is 137 Å². The highest BCUT2D eigenvalue weighted by molar-refractivity contribution is 5.88. The van der Waals surface area contributed by atoms with Crippen LogP contribution in [0.25, 0.3) is 0 Å². The molecule has 0 bridgehead atoms. The summed E-state index contributed by atoms with van der Waals surface area (Å²) in [5, 5.41) is 11.5. The molecule has 0 fully saturated rings. The highest BCUT2D eigenvalue weighted by Gasteiger charge is 2.17. The molecule has 0 radical (unpaired) electrons. The van der Waals surface area contributed by atoms with Crippen molar-refractivity contribution in [1.82, 2.24) is 24.5 Å². The summed E-state index contributed by atoms with van der Waals surface area (Å²) in [5.41, 5.74) is 0. The van der Waals surface area contributed by atoms with Crippen molar-refractivity contribution in [2.24, 2.45) is 5.92 Å². The lowest BCUT2D eigenvalue weighted by Crippen LogP contribution is -2.37. The van der Waals surface area contributed by atoms with Crippen molar-refractivity contribution in [3.05, 3.63) is 30.7 Å². The summed E-state index contributed by atoms with van der Waals surface area (Å²) in [6.45, 7) is 10.3. The van der Waals surface area contributed by atoms with Gasteiger partial charge in [-0.3, -0.25) is 10.00 Å². The van der Waals surface area contributed by atoms with Gasteiger partial charge >= 0.3 is 6.03 Å². The predicted molar refractivity (Wildman–Crippen MR) is 90.3 cm³/mol. The summed E-state index contributed by atoms with van der Waals surface area (Å²) in [6, 6.07) is 3.82. The molecule has 23 heavy (non-hydrogen) atoms. The molecule has 2 aromatic heterocycles. The Morgan fingerprint density at radius 3 is 2.70 bits per heavy atom. The number of anilines is 1. The minimum atomic E-state index is -0.114. The fourth-order valence-electron chi connectivity index (χ4n) is 2.27. The summed E-state index contributed by atoms with van der Waals surface area (Å²) < 4.78 is 3.69. The summed E-state index contributed by atoms with van der Waals surface area (Å²) in [4.78, 5) is 14.3. The Kier molecular flexibility index (Phi) is 5.78. The van der Waals surface area contributed by atoms with Crippen LogP contribution < -0.4 is 5.32 Å². The lowest BCUT2D eigenvalue weighted by atomic mass is 10.1. The quantitative estimate of drug-likeness (QED) is 0.853. The number of urea groups is 1. The number of aromatic nitrogens is 4. The van der Waals surface area contributed by atoms with Crippen molar-refractivity contribution >= 4 is 11.8 Å². The molecule has 2 heterocycles. The predicted octanol–water partition coefficient (Wildman–Crippen LogP) is 2.85. The van der Waals surface area contributed by atoms with Gasteiger partial charge in [0, 0.05) is 31.5 Å². The molecule has 0 saturated carbocycles. The molecular formula is C16H26N6O. The molecule has 1 atom stereocenters. The van der Waals surface area contributed by atoms with Crippen LogP contribution in [-0.2, 0) is 6.54 Å². The van der Waals surface area contributed by atoms with Gasteiger partial charge in [0.25, 0.3) is 0 Å². The van der Waals surface area contributed by atoms with Gasteiger partial charge in [-0.15, -0.1) is 0 Å². The highest BCUT2D eigenvalue weighted by Crippen LogP contribution is 2.21. The molecule has 0 aliphatic carbocycles. The first-order valence-electron chi connectivity index (χ1n) is 8.09. The third-order valence-electron chi connectivity index (χ3n) is 4.08. The number of rotatable bonds is 7. The van der Waals surface area contributed by atoms with Crippen LogP contribution in [0, 0.1) is 5.92 Å². The maximum Gasteiger partial charge on any atom is 0.323 e. The number of nitrogens with zero attached hydrogens (tertiary/aromatic N) is 5. The van der Waals surface area contributed by atoms with Gasteiger partial charge in [0.15, 0.2) is 0 Å². The van der Waals surface area contributed by atoms with Gasteiger partial charge in [0.05, 0.1) is 18.8 Å². The van der Waals surface area contributed by atoms with Crippen LogP contribution in [0.2, 0.25) is 0 Å². The molecule has 1 N–H and O–H groups in total.